The summed E-state index contributed by atoms with van der Waals surface area (Å²) in [6.45, 7) is 1.91. The summed E-state index contributed by atoms with van der Waals surface area (Å²) in [4.78, 5) is 0. The van der Waals surface area contributed by atoms with Crippen LogP contribution in [0.4, 0.5) is 17.6 Å². The fraction of sp³-hybridized carbons (Fsp3) is 0.600. The fourth-order valence-electron chi connectivity index (χ4n) is 2.93. The van der Waals surface area contributed by atoms with Crippen LogP contribution in [0.3, 0.4) is 0 Å². The summed E-state index contributed by atoms with van der Waals surface area (Å²) in [5.74, 6) is -0.563. The number of halogens is 4. The molecule has 1 heterocycles. The molecule has 0 radical (unpaired) electrons. The van der Waals surface area contributed by atoms with Crippen LogP contribution in [0.25, 0.3) is 0 Å². The Labute approximate surface area is 125 Å². The van der Waals surface area contributed by atoms with E-state index in [0.29, 0.717) is 16.7 Å². The number of ether oxygens (including phenoxy) is 1. The van der Waals surface area contributed by atoms with Crippen LogP contribution in [0.2, 0.25) is 0 Å². The minimum Gasteiger partial charge on any atom is -0.393 e. The zero-order valence-electron chi connectivity index (χ0n) is 12.3. The van der Waals surface area contributed by atoms with Crippen molar-refractivity contribution in [3.05, 3.63) is 34.6 Å². The van der Waals surface area contributed by atoms with Gasteiger partial charge in [-0.15, -0.1) is 0 Å². The molecule has 1 aromatic carbocycles. The summed E-state index contributed by atoms with van der Waals surface area (Å²) in [7, 11) is 0. The number of benzene rings is 1. The second kappa shape index (κ2) is 5.47. The highest BCUT2D eigenvalue weighted by Crippen LogP contribution is 2.43. The summed E-state index contributed by atoms with van der Waals surface area (Å²) in [5, 5.41) is 18.8. The molecule has 0 aromatic heterocycles. The lowest BCUT2D eigenvalue weighted by Gasteiger charge is -2.37. The van der Waals surface area contributed by atoms with E-state index < -0.39 is 36.0 Å². The Morgan fingerprint density at radius 3 is 2.36 bits per heavy atom. The van der Waals surface area contributed by atoms with Crippen LogP contribution in [-0.2, 0) is 23.4 Å². The Kier molecular flexibility index (Phi) is 4.27. The molecule has 0 amide bonds. The van der Waals surface area contributed by atoms with E-state index in [2.05, 4.69) is 0 Å². The van der Waals surface area contributed by atoms with Gasteiger partial charge in [-0.1, -0.05) is 13.8 Å². The highest BCUT2D eigenvalue weighted by Gasteiger charge is 2.55. The molecule has 2 rings (SSSR count). The van der Waals surface area contributed by atoms with Gasteiger partial charge in [0.1, 0.15) is 5.82 Å². The molecule has 0 saturated heterocycles. The van der Waals surface area contributed by atoms with Crippen molar-refractivity contribution in [2.45, 2.75) is 50.7 Å². The van der Waals surface area contributed by atoms with Crippen LogP contribution in [0.5, 0.6) is 0 Å². The predicted molar refractivity (Wildman–Crippen MR) is 70.6 cm³/mol. The Balaban J connectivity index is 2.43. The second-order valence-electron chi connectivity index (χ2n) is 6.33. The predicted octanol–water partition coefficient (Wildman–Crippen LogP) is 2.81. The molecular formula is C15H18F4O3. The lowest BCUT2D eigenvalue weighted by molar-refractivity contribution is -0.277. The maximum atomic E-state index is 13.7. The minimum atomic E-state index is -4.98. The maximum Gasteiger partial charge on any atom is 0.419 e. The van der Waals surface area contributed by atoms with E-state index in [4.69, 9.17) is 9.84 Å². The Bertz CT molecular complexity index is 569. The first-order chi connectivity index (χ1) is 10.00. The molecular weight excluding hydrogens is 304 g/mol. The number of aliphatic hydroxyl groups is 2. The van der Waals surface area contributed by atoms with Gasteiger partial charge in [0.15, 0.2) is 5.60 Å². The van der Waals surface area contributed by atoms with E-state index in [0.717, 1.165) is 0 Å². The SMILES string of the molecule is CC(C)(C[C@](O)(CO)C(F)(F)F)c1cc(F)cc2c1COC2. The highest BCUT2D eigenvalue weighted by atomic mass is 19.4. The summed E-state index contributed by atoms with van der Waals surface area (Å²) in [6, 6.07) is 2.46. The Morgan fingerprint density at radius 1 is 1.18 bits per heavy atom. The zero-order chi connectivity index (χ0) is 16.8. The largest absolute Gasteiger partial charge is 0.419 e. The van der Waals surface area contributed by atoms with Crippen LogP contribution in [0.15, 0.2) is 12.1 Å². The average Bonchev–Trinajstić information content (AvgIpc) is 2.83. The molecule has 22 heavy (non-hydrogen) atoms. The van der Waals surface area contributed by atoms with Gasteiger partial charge in [-0.05, 0) is 40.7 Å². The van der Waals surface area contributed by atoms with Gasteiger partial charge in [-0.2, -0.15) is 13.2 Å². The molecule has 1 aliphatic heterocycles. The molecule has 1 aromatic rings. The van der Waals surface area contributed by atoms with Crippen LogP contribution in [0.1, 0.15) is 37.0 Å². The molecule has 0 aliphatic carbocycles. The summed E-state index contributed by atoms with van der Waals surface area (Å²) in [5.41, 5.74) is -2.84. The first-order valence-corrected chi connectivity index (χ1v) is 6.80. The van der Waals surface area contributed by atoms with Gasteiger partial charge in [0, 0.05) is 0 Å². The molecule has 1 aliphatic rings. The van der Waals surface area contributed by atoms with E-state index in [9.17, 15) is 22.7 Å². The third-order valence-electron chi connectivity index (χ3n) is 4.06. The Hall–Kier alpha value is -1.18. The van der Waals surface area contributed by atoms with Gasteiger partial charge in [0.2, 0.25) is 0 Å². The molecule has 7 heteroatoms. The molecule has 0 unspecified atom stereocenters. The maximum absolute atomic E-state index is 13.7. The average molecular weight is 322 g/mol. The second-order valence-corrected chi connectivity index (χ2v) is 6.33. The molecule has 0 spiro atoms. The molecule has 0 fully saturated rings. The van der Waals surface area contributed by atoms with E-state index >= 15 is 0 Å². The summed E-state index contributed by atoms with van der Waals surface area (Å²) in [6.07, 6.45) is -5.76. The van der Waals surface area contributed by atoms with Crippen LogP contribution < -0.4 is 0 Å². The van der Waals surface area contributed by atoms with E-state index in [1.807, 2.05) is 0 Å². The summed E-state index contributed by atoms with van der Waals surface area (Å²) >= 11 is 0. The lowest BCUT2D eigenvalue weighted by atomic mass is 9.73. The van der Waals surface area contributed by atoms with Crippen LogP contribution >= 0.6 is 0 Å². The molecule has 1 atom stereocenters. The van der Waals surface area contributed by atoms with Crippen LogP contribution in [-0.4, -0.2) is 28.6 Å². The lowest BCUT2D eigenvalue weighted by Crippen LogP contribution is -2.52. The van der Waals surface area contributed by atoms with Gasteiger partial charge >= 0.3 is 6.18 Å². The monoisotopic (exact) mass is 322 g/mol. The number of alkyl halides is 3. The van der Waals surface area contributed by atoms with Crippen molar-refractivity contribution in [2.75, 3.05) is 6.61 Å². The van der Waals surface area contributed by atoms with Crippen LogP contribution in [0, 0.1) is 5.82 Å². The third-order valence-corrected chi connectivity index (χ3v) is 4.06. The first-order valence-electron chi connectivity index (χ1n) is 6.80. The van der Waals surface area contributed by atoms with E-state index in [-0.39, 0.29) is 13.2 Å². The third kappa shape index (κ3) is 2.98. The van der Waals surface area contributed by atoms with Crippen molar-refractivity contribution in [3.63, 3.8) is 0 Å². The van der Waals surface area contributed by atoms with Crippen molar-refractivity contribution >= 4 is 0 Å². The fourth-order valence-corrected chi connectivity index (χ4v) is 2.93. The standard InChI is InChI=1S/C15H18F4O3/c1-13(2,7-14(21,8-20)15(17,18)19)12-4-10(16)3-9-5-22-6-11(9)12/h3-4,20-21H,5-8H2,1-2H3/t14-/m0/s1. The highest BCUT2D eigenvalue weighted by molar-refractivity contribution is 5.41. The van der Waals surface area contributed by atoms with Gasteiger partial charge in [0.05, 0.1) is 19.8 Å². The Morgan fingerprint density at radius 2 is 1.82 bits per heavy atom. The van der Waals surface area contributed by atoms with Crippen molar-refractivity contribution in [3.8, 4) is 0 Å². The number of aliphatic hydroxyl groups excluding tert-OH is 1. The van der Waals surface area contributed by atoms with Crippen molar-refractivity contribution in [2.24, 2.45) is 0 Å². The molecule has 2 N–H and O–H groups in total. The molecule has 124 valence electrons. The molecule has 3 nitrogen and oxygen atoms in total. The number of fused-ring (bicyclic) bond motifs is 1. The van der Waals surface area contributed by atoms with Crippen molar-refractivity contribution in [1.29, 1.82) is 0 Å². The topological polar surface area (TPSA) is 49.7 Å². The molecule has 0 saturated carbocycles. The first kappa shape index (κ1) is 17.2. The number of rotatable bonds is 4. The van der Waals surface area contributed by atoms with Gasteiger partial charge in [-0.3, -0.25) is 0 Å². The zero-order valence-corrected chi connectivity index (χ0v) is 12.3. The van der Waals surface area contributed by atoms with Gasteiger partial charge in [0.25, 0.3) is 0 Å². The molecule has 0 bridgehead atoms. The van der Waals surface area contributed by atoms with Crippen molar-refractivity contribution in [1.82, 2.24) is 0 Å². The van der Waals surface area contributed by atoms with E-state index in [1.165, 1.54) is 26.0 Å². The van der Waals surface area contributed by atoms with Gasteiger partial charge < -0.3 is 14.9 Å². The minimum absolute atomic E-state index is 0.192. The van der Waals surface area contributed by atoms with Gasteiger partial charge in [-0.25, -0.2) is 4.39 Å². The quantitative estimate of drug-likeness (QED) is 0.838. The van der Waals surface area contributed by atoms with E-state index in [1.54, 1.807) is 0 Å². The normalized spacial score (nSPS) is 18.2. The number of hydrogen-bond acceptors (Lipinski definition) is 3. The van der Waals surface area contributed by atoms with Crippen molar-refractivity contribution < 1.29 is 32.5 Å². The summed E-state index contributed by atoms with van der Waals surface area (Å²) < 4.78 is 57.9. The smallest absolute Gasteiger partial charge is 0.393 e. The number of hydrogen-bond donors (Lipinski definition) is 2.